The molecule has 0 saturated carbocycles. The Hall–Kier alpha value is -3.71. The van der Waals surface area contributed by atoms with Gasteiger partial charge in [-0.3, -0.25) is 4.79 Å². The first-order valence-corrected chi connectivity index (χ1v) is 10.1. The van der Waals surface area contributed by atoms with Gasteiger partial charge in [0, 0.05) is 31.0 Å². The van der Waals surface area contributed by atoms with Gasteiger partial charge in [0.15, 0.2) is 0 Å². The Morgan fingerprint density at radius 1 is 1.06 bits per heavy atom. The van der Waals surface area contributed by atoms with Crippen molar-refractivity contribution in [2.75, 3.05) is 38.3 Å². The van der Waals surface area contributed by atoms with E-state index in [2.05, 4.69) is 14.9 Å². The summed E-state index contributed by atoms with van der Waals surface area (Å²) in [5.41, 5.74) is 2.09. The summed E-state index contributed by atoms with van der Waals surface area (Å²) in [4.78, 5) is 34.5. The van der Waals surface area contributed by atoms with Crippen LogP contribution in [0.3, 0.4) is 0 Å². The van der Waals surface area contributed by atoms with Crippen molar-refractivity contribution in [3.05, 3.63) is 70.8 Å². The number of ether oxygens (including phenoxy) is 2. The smallest absolute Gasteiger partial charge is 0.338 e. The molecule has 31 heavy (non-hydrogen) atoms. The Morgan fingerprint density at radius 2 is 1.87 bits per heavy atom. The van der Waals surface area contributed by atoms with Gasteiger partial charge in [-0.05, 0) is 52.1 Å². The zero-order valence-corrected chi connectivity index (χ0v) is 17.1. The maximum atomic E-state index is 12.6. The molecule has 4 aromatic rings. The molecule has 156 valence electrons. The van der Waals surface area contributed by atoms with Crippen LogP contribution in [-0.2, 0) is 9.47 Å². The Balaban J connectivity index is 1.64. The van der Waals surface area contributed by atoms with Gasteiger partial charge >= 0.3 is 5.97 Å². The van der Waals surface area contributed by atoms with Crippen molar-refractivity contribution in [3.8, 4) is 11.1 Å². The molecular weight excluding hydrogens is 394 g/mol. The third-order valence-corrected chi connectivity index (χ3v) is 5.69. The molecule has 0 amide bonds. The molecule has 1 aliphatic rings. The van der Waals surface area contributed by atoms with Crippen LogP contribution in [0.2, 0.25) is 0 Å². The molecular formula is C24H21N3O4. The standard InChI is InChI=1S/C24H21N3O4/c1-30-24(29)20-13-16-6-7-25-23(28)22(16)19-12-15(2-4-18(19)20)17-3-5-21(26-14-17)27-8-10-31-11-9-27/h2-7,12-14H,8-11H2,1H3,(H,25,28). The van der Waals surface area contributed by atoms with E-state index in [4.69, 9.17) is 9.47 Å². The summed E-state index contributed by atoms with van der Waals surface area (Å²) in [6, 6.07) is 13.2. The number of aromatic nitrogens is 2. The van der Waals surface area contributed by atoms with E-state index < -0.39 is 5.97 Å². The highest BCUT2D eigenvalue weighted by Crippen LogP contribution is 2.31. The van der Waals surface area contributed by atoms with Gasteiger partial charge in [-0.15, -0.1) is 0 Å². The fourth-order valence-corrected chi connectivity index (χ4v) is 4.11. The van der Waals surface area contributed by atoms with Crippen LogP contribution in [0.1, 0.15) is 10.4 Å². The van der Waals surface area contributed by atoms with Crippen molar-refractivity contribution in [1.29, 1.82) is 0 Å². The Morgan fingerprint density at radius 3 is 2.61 bits per heavy atom. The number of H-pyrrole nitrogens is 1. The van der Waals surface area contributed by atoms with Gasteiger partial charge in [-0.1, -0.05) is 12.1 Å². The third kappa shape index (κ3) is 3.43. The first-order chi connectivity index (χ1) is 15.2. The summed E-state index contributed by atoms with van der Waals surface area (Å²) in [5.74, 6) is 0.485. The highest BCUT2D eigenvalue weighted by Gasteiger charge is 2.17. The lowest BCUT2D eigenvalue weighted by Crippen LogP contribution is -2.36. The fourth-order valence-electron chi connectivity index (χ4n) is 4.11. The van der Waals surface area contributed by atoms with Crippen LogP contribution in [0.5, 0.6) is 0 Å². The van der Waals surface area contributed by atoms with E-state index in [1.807, 2.05) is 36.5 Å². The molecule has 1 N–H and O–H groups in total. The van der Waals surface area contributed by atoms with Gasteiger partial charge in [0.05, 0.1) is 31.3 Å². The van der Waals surface area contributed by atoms with Crippen LogP contribution in [-0.4, -0.2) is 49.4 Å². The number of methoxy groups -OCH3 is 1. The first-order valence-electron chi connectivity index (χ1n) is 10.1. The number of carbonyl (C=O) groups excluding carboxylic acids is 1. The number of hydrogen-bond acceptors (Lipinski definition) is 6. The SMILES string of the molecule is COC(=O)c1cc2cc[nH]c(=O)c2c2cc(-c3ccc(N4CCOCC4)nc3)ccc12. The van der Waals surface area contributed by atoms with Crippen LogP contribution in [0.15, 0.2) is 59.7 Å². The quantitative estimate of drug-likeness (QED) is 0.408. The van der Waals surface area contributed by atoms with Gasteiger partial charge in [0.2, 0.25) is 0 Å². The summed E-state index contributed by atoms with van der Waals surface area (Å²) in [5, 5.41) is 2.62. The number of nitrogens with zero attached hydrogens (tertiary/aromatic N) is 2. The second-order valence-corrected chi connectivity index (χ2v) is 7.45. The fraction of sp³-hybridized carbons (Fsp3) is 0.208. The molecule has 1 saturated heterocycles. The number of aromatic amines is 1. The van der Waals surface area contributed by atoms with E-state index in [-0.39, 0.29) is 5.56 Å². The number of carbonyl (C=O) groups is 1. The molecule has 0 aliphatic carbocycles. The number of benzene rings is 2. The summed E-state index contributed by atoms with van der Waals surface area (Å²) < 4.78 is 10.4. The van der Waals surface area contributed by atoms with Crippen LogP contribution < -0.4 is 10.5 Å². The van der Waals surface area contributed by atoms with Gasteiger partial charge in [-0.25, -0.2) is 9.78 Å². The molecule has 0 radical (unpaired) electrons. The largest absolute Gasteiger partial charge is 0.465 e. The van der Waals surface area contributed by atoms with Gasteiger partial charge in [0.25, 0.3) is 5.56 Å². The Labute approximate surface area is 178 Å². The Kier molecular flexibility index (Phi) is 4.88. The molecule has 0 unspecified atom stereocenters. The monoisotopic (exact) mass is 415 g/mol. The van der Waals surface area contributed by atoms with Crippen LogP contribution in [0, 0.1) is 0 Å². The van der Waals surface area contributed by atoms with E-state index in [1.54, 1.807) is 18.3 Å². The topological polar surface area (TPSA) is 84.5 Å². The normalized spacial score (nSPS) is 14.2. The predicted molar refractivity (Wildman–Crippen MR) is 120 cm³/mol. The summed E-state index contributed by atoms with van der Waals surface area (Å²) >= 11 is 0. The van der Waals surface area contributed by atoms with Gasteiger partial charge < -0.3 is 19.4 Å². The van der Waals surface area contributed by atoms with E-state index in [1.165, 1.54) is 7.11 Å². The minimum atomic E-state index is -0.434. The molecule has 2 aromatic carbocycles. The second kappa shape index (κ2) is 7.85. The van der Waals surface area contributed by atoms with E-state index >= 15 is 0 Å². The zero-order chi connectivity index (χ0) is 21.4. The van der Waals surface area contributed by atoms with Crippen LogP contribution >= 0.6 is 0 Å². The summed E-state index contributed by atoms with van der Waals surface area (Å²) in [6.45, 7) is 3.07. The van der Waals surface area contributed by atoms with Crippen molar-refractivity contribution in [2.45, 2.75) is 0 Å². The molecule has 0 spiro atoms. The van der Waals surface area contributed by atoms with Crippen molar-refractivity contribution in [1.82, 2.24) is 9.97 Å². The molecule has 3 heterocycles. The molecule has 5 rings (SSSR count). The number of fused-ring (bicyclic) bond motifs is 3. The van der Waals surface area contributed by atoms with Crippen molar-refractivity contribution in [3.63, 3.8) is 0 Å². The molecule has 1 fully saturated rings. The molecule has 0 atom stereocenters. The molecule has 1 aliphatic heterocycles. The molecule has 0 bridgehead atoms. The van der Waals surface area contributed by atoms with E-state index in [9.17, 15) is 9.59 Å². The van der Waals surface area contributed by atoms with Crippen LogP contribution in [0.4, 0.5) is 5.82 Å². The molecule has 7 heteroatoms. The average Bonchev–Trinajstić information content (AvgIpc) is 2.83. The number of pyridine rings is 2. The number of esters is 1. The van der Waals surface area contributed by atoms with Crippen molar-refractivity contribution < 1.29 is 14.3 Å². The summed E-state index contributed by atoms with van der Waals surface area (Å²) in [6.07, 6.45) is 3.41. The Bertz CT molecular complexity index is 1340. The van der Waals surface area contributed by atoms with E-state index in [0.29, 0.717) is 40.3 Å². The number of rotatable bonds is 3. The number of hydrogen-bond donors (Lipinski definition) is 1. The highest BCUT2D eigenvalue weighted by atomic mass is 16.5. The minimum Gasteiger partial charge on any atom is -0.465 e. The number of anilines is 1. The van der Waals surface area contributed by atoms with Crippen LogP contribution in [0.25, 0.3) is 32.7 Å². The highest BCUT2D eigenvalue weighted by molar-refractivity contribution is 6.16. The van der Waals surface area contributed by atoms with E-state index in [0.717, 1.165) is 30.0 Å². The lowest BCUT2D eigenvalue weighted by Gasteiger charge is -2.27. The van der Waals surface area contributed by atoms with Gasteiger partial charge in [-0.2, -0.15) is 0 Å². The first kappa shape index (κ1) is 19.3. The number of morpholine rings is 1. The van der Waals surface area contributed by atoms with Crippen molar-refractivity contribution >= 4 is 33.3 Å². The molecule has 7 nitrogen and oxygen atoms in total. The molecule has 2 aromatic heterocycles. The lowest BCUT2D eigenvalue weighted by molar-refractivity contribution is 0.0603. The second-order valence-electron chi connectivity index (χ2n) is 7.45. The minimum absolute atomic E-state index is 0.197. The maximum absolute atomic E-state index is 12.6. The lowest BCUT2D eigenvalue weighted by atomic mass is 9.95. The third-order valence-electron chi connectivity index (χ3n) is 5.69. The van der Waals surface area contributed by atoms with Gasteiger partial charge in [0.1, 0.15) is 5.82 Å². The predicted octanol–water partition coefficient (Wildman–Crippen LogP) is 3.37. The maximum Gasteiger partial charge on any atom is 0.338 e. The van der Waals surface area contributed by atoms with Crippen molar-refractivity contribution in [2.24, 2.45) is 0 Å². The average molecular weight is 415 g/mol. The summed E-state index contributed by atoms with van der Waals surface area (Å²) in [7, 11) is 1.35. The number of nitrogens with one attached hydrogen (secondary N) is 1. The zero-order valence-electron chi connectivity index (χ0n) is 17.1.